The number of anilines is 1. The first kappa shape index (κ1) is 20.6. The van der Waals surface area contributed by atoms with Gasteiger partial charge in [-0.2, -0.15) is 0 Å². The molecular weight excluding hydrogens is 368 g/mol. The lowest BCUT2D eigenvalue weighted by Crippen LogP contribution is -2.29. The zero-order chi connectivity index (χ0) is 20.8. The van der Waals surface area contributed by atoms with Crippen LogP contribution in [0.25, 0.3) is 0 Å². The molecule has 1 saturated heterocycles. The highest BCUT2D eigenvalue weighted by atomic mass is 16.5. The number of ether oxygens (including phenoxy) is 1. The molecule has 2 aromatic carbocycles. The lowest BCUT2D eigenvalue weighted by molar-refractivity contribution is -0.151. The minimum absolute atomic E-state index is 0.0530. The fourth-order valence-corrected chi connectivity index (χ4v) is 3.37. The van der Waals surface area contributed by atoms with Crippen molar-refractivity contribution >= 4 is 23.5 Å². The van der Waals surface area contributed by atoms with E-state index in [1.54, 1.807) is 4.90 Å². The number of benzene rings is 2. The maximum Gasteiger partial charge on any atom is 0.311 e. The Bertz CT molecular complexity index is 895. The van der Waals surface area contributed by atoms with E-state index in [1.807, 2.05) is 62.4 Å². The van der Waals surface area contributed by atoms with Gasteiger partial charge in [0, 0.05) is 25.2 Å². The second-order valence-electron chi connectivity index (χ2n) is 7.45. The first-order valence-electron chi connectivity index (χ1n) is 9.78. The number of carbonyl (C=O) groups excluding carboxylic acids is 3. The third-order valence-electron chi connectivity index (χ3n) is 5.07. The first-order valence-corrected chi connectivity index (χ1v) is 9.78. The van der Waals surface area contributed by atoms with Crippen molar-refractivity contribution in [3.05, 3.63) is 65.2 Å². The molecule has 0 spiro atoms. The van der Waals surface area contributed by atoms with Crippen LogP contribution in [0.4, 0.5) is 5.69 Å². The van der Waals surface area contributed by atoms with Gasteiger partial charge in [0.25, 0.3) is 5.91 Å². The summed E-state index contributed by atoms with van der Waals surface area (Å²) in [5.41, 5.74) is 3.82. The van der Waals surface area contributed by atoms with E-state index in [9.17, 15) is 14.4 Å². The summed E-state index contributed by atoms with van der Waals surface area (Å²) in [5, 5.41) is 2.76. The van der Waals surface area contributed by atoms with Crippen LogP contribution in [-0.2, 0) is 25.5 Å². The number of nitrogens with zero attached hydrogens (tertiary/aromatic N) is 1. The van der Waals surface area contributed by atoms with Gasteiger partial charge in [0.1, 0.15) is 0 Å². The maximum absolute atomic E-state index is 12.3. The van der Waals surface area contributed by atoms with E-state index in [0.29, 0.717) is 18.8 Å². The van der Waals surface area contributed by atoms with Crippen molar-refractivity contribution in [2.24, 2.45) is 5.92 Å². The second kappa shape index (κ2) is 9.37. The molecule has 1 fully saturated rings. The molecule has 1 aliphatic heterocycles. The molecule has 6 nitrogen and oxygen atoms in total. The molecule has 0 radical (unpaired) electrons. The van der Waals surface area contributed by atoms with Gasteiger partial charge in [-0.25, -0.2) is 0 Å². The highest BCUT2D eigenvalue weighted by molar-refractivity contribution is 5.94. The van der Waals surface area contributed by atoms with Crippen molar-refractivity contribution in [3.8, 4) is 0 Å². The van der Waals surface area contributed by atoms with Crippen molar-refractivity contribution in [1.82, 2.24) is 4.90 Å². The van der Waals surface area contributed by atoms with Gasteiger partial charge in [-0.1, -0.05) is 42.5 Å². The van der Waals surface area contributed by atoms with E-state index in [-0.39, 0.29) is 18.9 Å². The summed E-state index contributed by atoms with van der Waals surface area (Å²) in [4.78, 5) is 38.3. The summed E-state index contributed by atoms with van der Waals surface area (Å²) in [6, 6.07) is 15.7. The zero-order valence-corrected chi connectivity index (χ0v) is 16.8. The Morgan fingerprint density at radius 1 is 1.14 bits per heavy atom. The highest BCUT2D eigenvalue weighted by Gasteiger charge is 2.35. The van der Waals surface area contributed by atoms with E-state index >= 15 is 0 Å². The number of amides is 2. The van der Waals surface area contributed by atoms with Gasteiger partial charge >= 0.3 is 5.97 Å². The minimum Gasteiger partial charge on any atom is -0.455 e. The molecule has 2 aromatic rings. The van der Waals surface area contributed by atoms with Gasteiger partial charge in [-0.15, -0.1) is 0 Å². The number of nitrogens with one attached hydrogen (secondary N) is 1. The molecule has 1 heterocycles. The van der Waals surface area contributed by atoms with Gasteiger partial charge in [-0.3, -0.25) is 14.4 Å². The van der Waals surface area contributed by atoms with Crippen molar-refractivity contribution in [3.63, 3.8) is 0 Å². The van der Waals surface area contributed by atoms with Crippen molar-refractivity contribution < 1.29 is 19.1 Å². The van der Waals surface area contributed by atoms with Crippen molar-refractivity contribution in [2.45, 2.75) is 26.7 Å². The summed E-state index contributed by atoms with van der Waals surface area (Å²) in [5.74, 6) is -1.47. The van der Waals surface area contributed by atoms with E-state index in [4.69, 9.17) is 4.74 Å². The number of carbonyl (C=O) groups is 3. The molecule has 0 unspecified atom stereocenters. The third kappa shape index (κ3) is 5.67. The average Bonchev–Trinajstić information content (AvgIpc) is 3.09. The Balaban J connectivity index is 1.45. The van der Waals surface area contributed by atoms with E-state index < -0.39 is 17.8 Å². The predicted molar refractivity (Wildman–Crippen MR) is 110 cm³/mol. The first-order chi connectivity index (χ1) is 13.9. The molecule has 6 heteroatoms. The Hall–Kier alpha value is -3.15. The van der Waals surface area contributed by atoms with Crippen LogP contribution in [0.3, 0.4) is 0 Å². The van der Waals surface area contributed by atoms with E-state index in [2.05, 4.69) is 5.32 Å². The number of hydrogen-bond acceptors (Lipinski definition) is 4. The van der Waals surface area contributed by atoms with Crippen LogP contribution in [0.15, 0.2) is 48.5 Å². The van der Waals surface area contributed by atoms with Gasteiger partial charge < -0.3 is 15.0 Å². The second-order valence-corrected chi connectivity index (χ2v) is 7.45. The van der Waals surface area contributed by atoms with Crippen LogP contribution in [0.2, 0.25) is 0 Å². The minimum atomic E-state index is -0.522. The topological polar surface area (TPSA) is 75.7 Å². The number of aryl methyl sites for hydroxylation is 2. The number of esters is 1. The standard InChI is InChI=1S/C23H26N2O4/c1-16-8-9-17(2)20(12-16)24-21(26)15-29-23(28)19-13-22(27)25(14-19)11-10-18-6-4-3-5-7-18/h3-9,12,19H,10-11,13-15H2,1-2H3,(H,24,26)/t19-/m1/s1. The van der Waals surface area contributed by atoms with Gasteiger partial charge in [0.15, 0.2) is 6.61 Å². The molecule has 152 valence electrons. The molecular formula is C23H26N2O4. The van der Waals surface area contributed by atoms with E-state index in [1.165, 1.54) is 0 Å². The van der Waals surface area contributed by atoms with Crippen LogP contribution in [0, 0.1) is 19.8 Å². The van der Waals surface area contributed by atoms with Gasteiger partial charge in [0.05, 0.1) is 5.92 Å². The molecule has 29 heavy (non-hydrogen) atoms. The lowest BCUT2D eigenvalue weighted by atomic mass is 10.1. The maximum atomic E-state index is 12.3. The Morgan fingerprint density at radius 3 is 2.66 bits per heavy atom. The third-order valence-corrected chi connectivity index (χ3v) is 5.07. The normalized spacial score (nSPS) is 16.0. The lowest BCUT2D eigenvalue weighted by Gasteiger charge is -2.16. The highest BCUT2D eigenvalue weighted by Crippen LogP contribution is 2.20. The van der Waals surface area contributed by atoms with Crippen LogP contribution < -0.4 is 5.32 Å². The van der Waals surface area contributed by atoms with E-state index in [0.717, 1.165) is 23.1 Å². The van der Waals surface area contributed by atoms with Crippen LogP contribution >= 0.6 is 0 Å². The number of likely N-dealkylation sites (tertiary alicyclic amines) is 1. The fourth-order valence-electron chi connectivity index (χ4n) is 3.37. The Kier molecular flexibility index (Phi) is 6.65. The summed E-state index contributed by atoms with van der Waals surface area (Å²) >= 11 is 0. The van der Waals surface area contributed by atoms with Crippen LogP contribution in [0.1, 0.15) is 23.1 Å². The number of hydrogen-bond donors (Lipinski definition) is 1. The number of rotatable bonds is 7. The van der Waals surface area contributed by atoms with Crippen molar-refractivity contribution in [2.75, 3.05) is 25.0 Å². The SMILES string of the molecule is Cc1ccc(C)c(NC(=O)COC(=O)[C@@H]2CC(=O)N(CCc3ccccc3)C2)c1. The molecule has 2 amide bonds. The predicted octanol–water partition coefficient (Wildman–Crippen LogP) is 2.88. The van der Waals surface area contributed by atoms with Crippen LogP contribution in [-0.4, -0.2) is 42.4 Å². The summed E-state index contributed by atoms with van der Waals surface area (Å²) in [6.07, 6.45) is 0.874. The summed E-state index contributed by atoms with van der Waals surface area (Å²) in [7, 11) is 0. The van der Waals surface area contributed by atoms with Gasteiger partial charge in [-0.05, 0) is 43.0 Å². The molecule has 0 aliphatic carbocycles. The molecule has 0 bridgehead atoms. The summed E-state index contributed by atoms with van der Waals surface area (Å²) < 4.78 is 5.16. The van der Waals surface area contributed by atoms with Crippen LogP contribution in [0.5, 0.6) is 0 Å². The largest absolute Gasteiger partial charge is 0.455 e. The van der Waals surface area contributed by atoms with Crippen molar-refractivity contribution in [1.29, 1.82) is 0 Å². The molecule has 0 aromatic heterocycles. The average molecular weight is 394 g/mol. The molecule has 0 saturated carbocycles. The molecule has 1 atom stereocenters. The monoisotopic (exact) mass is 394 g/mol. The Labute approximate surface area is 170 Å². The van der Waals surface area contributed by atoms with Gasteiger partial charge in [0.2, 0.25) is 5.91 Å². The quantitative estimate of drug-likeness (QED) is 0.733. The molecule has 1 aliphatic rings. The molecule has 1 N–H and O–H groups in total. The summed E-state index contributed by atoms with van der Waals surface area (Å²) in [6.45, 7) is 4.38. The molecule has 3 rings (SSSR count). The fraction of sp³-hybridized carbons (Fsp3) is 0.348. The Morgan fingerprint density at radius 2 is 1.90 bits per heavy atom. The zero-order valence-electron chi connectivity index (χ0n) is 16.8. The smallest absolute Gasteiger partial charge is 0.311 e.